The number of nitrogens with zero attached hydrogens (tertiary/aromatic N) is 3. The van der Waals surface area contributed by atoms with Crippen molar-refractivity contribution in [3.05, 3.63) is 41.5 Å². The summed E-state index contributed by atoms with van der Waals surface area (Å²) in [6, 6.07) is 4.48. The fourth-order valence-corrected chi connectivity index (χ4v) is 1.88. The predicted octanol–water partition coefficient (Wildman–Crippen LogP) is 2.65. The van der Waals surface area contributed by atoms with E-state index in [1.165, 1.54) is 0 Å². The van der Waals surface area contributed by atoms with Crippen LogP contribution in [-0.2, 0) is 6.54 Å². The van der Waals surface area contributed by atoms with E-state index in [1.807, 2.05) is 38.4 Å². The number of hydrogen-bond donors (Lipinski definition) is 1. The SMILES string of the molecule is Cc1cc(-c2ncc(CNC(C)C)cn2)cc(C)n1. The van der Waals surface area contributed by atoms with Gasteiger partial charge in [0.1, 0.15) is 0 Å². The van der Waals surface area contributed by atoms with Gasteiger partial charge < -0.3 is 5.32 Å². The van der Waals surface area contributed by atoms with Gasteiger partial charge in [-0.3, -0.25) is 4.98 Å². The minimum Gasteiger partial charge on any atom is -0.310 e. The molecular formula is C15H20N4. The molecule has 2 heterocycles. The highest BCUT2D eigenvalue weighted by Crippen LogP contribution is 2.16. The first-order chi connectivity index (χ1) is 9.04. The summed E-state index contributed by atoms with van der Waals surface area (Å²) in [6.45, 7) is 9.01. The second-order valence-corrected chi connectivity index (χ2v) is 5.09. The van der Waals surface area contributed by atoms with E-state index in [1.54, 1.807) is 0 Å². The number of aromatic nitrogens is 3. The zero-order valence-electron chi connectivity index (χ0n) is 11.9. The lowest BCUT2D eigenvalue weighted by Gasteiger charge is -2.08. The zero-order valence-corrected chi connectivity index (χ0v) is 11.9. The average Bonchev–Trinajstić information content (AvgIpc) is 2.36. The Morgan fingerprint density at radius 1 is 1.05 bits per heavy atom. The minimum absolute atomic E-state index is 0.463. The summed E-state index contributed by atoms with van der Waals surface area (Å²) in [6.07, 6.45) is 3.76. The first-order valence-electron chi connectivity index (χ1n) is 6.54. The van der Waals surface area contributed by atoms with E-state index in [-0.39, 0.29) is 0 Å². The van der Waals surface area contributed by atoms with Crippen molar-refractivity contribution >= 4 is 0 Å². The van der Waals surface area contributed by atoms with Gasteiger partial charge in [0.05, 0.1) is 0 Å². The quantitative estimate of drug-likeness (QED) is 0.913. The van der Waals surface area contributed by atoms with Crippen LogP contribution in [0.1, 0.15) is 30.8 Å². The summed E-state index contributed by atoms with van der Waals surface area (Å²) in [7, 11) is 0. The van der Waals surface area contributed by atoms with Crippen LogP contribution < -0.4 is 5.32 Å². The van der Waals surface area contributed by atoms with Crippen LogP contribution in [0.3, 0.4) is 0 Å². The van der Waals surface area contributed by atoms with E-state index in [4.69, 9.17) is 0 Å². The second kappa shape index (κ2) is 5.89. The predicted molar refractivity (Wildman–Crippen MR) is 76.7 cm³/mol. The molecule has 4 heteroatoms. The third-order valence-corrected chi connectivity index (χ3v) is 2.76. The average molecular weight is 256 g/mol. The van der Waals surface area contributed by atoms with Gasteiger partial charge in [0.15, 0.2) is 5.82 Å². The van der Waals surface area contributed by atoms with Crippen LogP contribution in [0.4, 0.5) is 0 Å². The molecule has 0 atom stereocenters. The molecule has 0 aliphatic heterocycles. The molecule has 1 N–H and O–H groups in total. The molecule has 0 unspecified atom stereocenters. The van der Waals surface area contributed by atoms with E-state index in [0.717, 1.165) is 34.9 Å². The van der Waals surface area contributed by atoms with Gasteiger partial charge in [-0.25, -0.2) is 9.97 Å². The highest BCUT2D eigenvalue weighted by Gasteiger charge is 2.04. The van der Waals surface area contributed by atoms with Crippen LogP contribution in [0.5, 0.6) is 0 Å². The first kappa shape index (κ1) is 13.6. The summed E-state index contributed by atoms with van der Waals surface area (Å²) in [5, 5.41) is 3.35. The summed E-state index contributed by atoms with van der Waals surface area (Å²) < 4.78 is 0. The van der Waals surface area contributed by atoms with Gasteiger partial charge in [-0.1, -0.05) is 13.8 Å². The van der Waals surface area contributed by atoms with Gasteiger partial charge in [-0.2, -0.15) is 0 Å². The summed E-state index contributed by atoms with van der Waals surface area (Å²) in [4.78, 5) is 13.2. The molecule has 0 radical (unpaired) electrons. The van der Waals surface area contributed by atoms with Gasteiger partial charge in [-0.05, 0) is 26.0 Å². The van der Waals surface area contributed by atoms with Crippen LogP contribution in [0.2, 0.25) is 0 Å². The molecule has 4 nitrogen and oxygen atoms in total. The van der Waals surface area contributed by atoms with Crippen LogP contribution in [-0.4, -0.2) is 21.0 Å². The molecular weight excluding hydrogens is 236 g/mol. The van der Waals surface area contributed by atoms with Gasteiger partial charge in [-0.15, -0.1) is 0 Å². The van der Waals surface area contributed by atoms with Crippen molar-refractivity contribution in [2.75, 3.05) is 0 Å². The van der Waals surface area contributed by atoms with Crippen LogP contribution in [0.15, 0.2) is 24.5 Å². The fraction of sp³-hybridized carbons (Fsp3) is 0.400. The maximum Gasteiger partial charge on any atom is 0.159 e. The zero-order chi connectivity index (χ0) is 13.8. The Hall–Kier alpha value is -1.81. The minimum atomic E-state index is 0.463. The van der Waals surface area contributed by atoms with E-state index in [2.05, 4.69) is 34.1 Å². The van der Waals surface area contributed by atoms with Crippen molar-refractivity contribution in [3.8, 4) is 11.4 Å². The molecule has 0 aliphatic carbocycles. The molecule has 0 aromatic carbocycles. The van der Waals surface area contributed by atoms with Gasteiger partial charge in [0.2, 0.25) is 0 Å². The lowest BCUT2D eigenvalue weighted by atomic mass is 10.2. The topological polar surface area (TPSA) is 50.7 Å². The van der Waals surface area contributed by atoms with Crippen LogP contribution in [0.25, 0.3) is 11.4 Å². The molecule has 0 saturated carbocycles. The molecule has 0 amide bonds. The Bertz CT molecular complexity index is 526. The number of rotatable bonds is 4. The van der Waals surface area contributed by atoms with Gasteiger partial charge in [0.25, 0.3) is 0 Å². The molecule has 2 aromatic rings. The fourth-order valence-electron chi connectivity index (χ4n) is 1.88. The largest absolute Gasteiger partial charge is 0.310 e. The Balaban J connectivity index is 2.17. The van der Waals surface area contributed by atoms with E-state index in [0.29, 0.717) is 6.04 Å². The smallest absolute Gasteiger partial charge is 0.159 e. The Kier molecular flexibility index (Phi) is 4.22. The van der Waals surface area contributed by atoms with E-state index < -0.39 is 0 Å². The Morgan fingerprint density at radius 3 is 2.16 bits per heavy atom. The number of nitrogens with one attached hydrogen (secondary N) is 1. The molecule has 2 aromatic heterocycles. The first-order valence-corrected chi connectivity index (χ1v) is 6.54. The monoisotopic (exact) mass is 256 g/mol. The van der Waals surface area contributed by atoms with Gasteiger partial charge in [0, 0.05) is 47.5 Å². The molecule has 19 heavy (non-hydrogen) atoms. The standard InChI is InChI=1S/C15H20N4/c1-10(2)16-7-13-8-17-15(18-9-13)14-5-11(3)19-12(4)6-14/h5-6,8-10,16H,7H2,1-4H3. The van der Waals surface area contributed by atoms with Crippen molar-refractivity contribution < 1.29 is 0 Å². The maximum atomic E-state index is 4.43. The third-order valence-electron chi connectivity index (χ3n) is 2.76. The lowest BCUT2D eigenvalue weighted by Crippen LogP contribution is -2.21. The van der Waals surface area contributed by atoms with Crippen LogP contribution >= 0.6 is 0 Å². The second-order valence-electron chi connectivity index (χ2n) is 5.09. The van der Waals surface area contributed by atoms with Crippen molar-refractivity contribution in [2.45, 2.75) is 40.3 Å². The summed E-state index contributed by atoms with van der Waals surface area (Å²) in [5.74, 6) is 0.752. The Labute approximate surface area is 114 Å². The maximum absolute atomic E-state index is 4.43. The molecule has 100 valence electrons. The summed E-state index contributed by atoms with van der Waals surface area (Å²) in [5.41, 5.74) is 4.10. The van der Waals surface area contributed by atoms with Crippen molar-refractivity contribution in [2.24, 2.45) is 0 Å². The third kappa shape index (κ3) is 3.83. The van der Waals surface area contributed by atoms with E-state index >= 15 is 0 Å². The van der Waals surface area contributed by atoms with Crippen molar-refractivity contribution in [3.63, 3.8) is 0 Å². The Morgan fingerprint density at radius 2 is 1.63 bits per heavy atom. The molecule has 0 spiro atoms. The van der Waals surface area contributed by atoms with Gasteiger partial charge >= 0.3 is 0 Å². The van der Waals surface area contributed by atoms with Crippen molar-refractivity contribution in [1.82, 2.24) is 20.3 Å². The van der Waals surface area contributed by atoms with Crippen LogP contribution in [0, 0.1) is 13.8 Å². The molecule has 0 saturated heterocycles. The number of hydrogen-bond acceptors (Lipinski definition) is 4. The summed E-state index contributed by atoms with van der Waals surface area (Å²) >= 11 is 0. The molecule has 0 aliphatic rings. The molecule has 0 bridgehead atoms. The van der Waals surface area contributed by atoms with Crippen molar-refractivity contribution in [1.29, 1.82) is 0 Å². The molecule has 0 fully saturated rings. The number of pyridine rings is 1. The number of aryl methyl sites for hydroxylation is 2. The normalized spacial score (nSPS) is 11.0. The highest BCUT2D eigenvalue weighted by molar-refractivity contribution is 5.55. The van der Waals surface area contributed by atoms with E-state index in [9.17, 15) is 0 Å². The lowest BCUT2D eigenvalue weighted by molar-refractivity contribution is 0.587. The highest BCUT2D eigenvalue weighted by atomic mass is 14.9. The molecule has 2 rings (SSSR count).